The first-order chi connectivity index (χ1) is 6.50. The molecule has 0 aromatic heterocycles. The van der Waals surface area contributed by atoms with Crippen molar-refractivity contribution in [2.24, 2.45) is 0 Å². The number of halogens is 1. The fraction of sp³-hybridized carbons (Fsp3) is 0.500. The topological polar surface area (TPSA) is 9.23 Å². The lowest BCUT2D eigenvalue weighted by atomic mass is 9.80. The number of aryl methyl sites for hydroxylation is 1. The zero-order valence-electron chi connectivity index (χ0n) is 8.86. The largest absolute Gasteiger partial charge is 0.376 e. The smallest absolute Gasteiger partial charge is 0.0720 e. The van der Waals surface area contributed by atoms with E-state index in [0.717, 1.165) is 13.2 Å². The summed E-state index contributed by atoms with van der Waals surface area (Å²) in [5, 5.41) is 0. The molecule has 0 unspecified atom stereocenters. The van der Waals surface area contributed by atoms with Crippen LogP contribution in [0.15, 0.2) is 16.6 Å². The number of ether oxygens (including phenoxy) is 1. The molecule has 1 heterocycles. The summed E-state index contributed by atoms with van der Waals surface area (Å²) in [6.07, 6.45) is 0. The van der Waals surface area contributed by atoms with Gasteiger partial charge in [0.25, 0.3) is 0 Å². The molecule has 2 rings (SSSR count). The van der Waals surface area contributed by atoms with Gasteiger partial charge in [0.1, 0.15) is 0 Å². The van der Waals surface area contributed by atoms with Gasteiger partial charge in [-0.1, -0.05) is 35.8 Å². The Hall–Kier alpha value is -0.340. The second-order valence-corrected chi connectivity index (χ2v) is 5.51. The van der Waals surface area contributed by atoms with Gasteiger partial charge in [-0.05, 0) is 29.7 Å². The highest BCUT2D eigenvalue weighted by molar-refractivity contribution is 9.10. The molecule has 1 aromatic carbocycles. The first-order valence-electron chi connectivity index (χ1n) is 4.88. The normalized spacial score (nSPS) is 19.1. The molecule has 1 aliphatic heterocycles. The van der Waals surface area contributed by atoms with E-state index in [-0.39, 0.29) is 5.41 Å². The maximum atomic E-state index is 5.60. The molecule has 0 bridgehead atoms. The Morgan fingerprint density at radius 3 is 2.79 bits per heavy atom. The third-order valence-corrected chi connectivity index (χ3v) is 3.34. The SMILES string of the molecule is Cc1cc(Br)c2c(c1)COCC2(C)C. The number of hydrogen-bond donors (Lipinski definition) is 0. The van der Waals surface area contributed by atoms with Crippen LogP contribution >= 0.6 is 15.9 Å². The molecular formula is C12H15BrO. The average molecular weight is 255 g/mol. The van der Waals surface area contributed by atoms with Crippen molar-refractivity contribution in [1.29, 1.82) is 0 Å². The van der Waals surface area contributed by atoms with Crippen LogP contribution in [0.2, 0.25) is 0 Å². The lowest BCUT2D eigenvalue weighted by molar-refractivity contribution is 0.0637. The van der Waals surface area contributed by atoms with Gasteiger partial charge in [-0.2, -0.15) is 0 Å². The van der Waals surface area contributed by atoms with Crippen LogP contribution in [0.3, 0.4) is 0 Å². The van der Waals surface area contributed by atoms with E-state index in [9.17, 15) is 0 Å². The van der Waals surface area contributed by atoms with Crippen LogP contribution in [0, 0.1) is 6.92 Å². The molecule has 0 spiro atoms. The van der Waals surface area contributed by atoms with Gasteiger partial charge in [-0.3, -0.25) is 0 Å². The third-order valence-electron chi connectivity index (χ3n) is 2.71. The zero-order chi connectivity index (χ0) is 10.3. The lowest BCUT2D eigenvalue weighted by Gasteiger charge is -2.33. The highest BCUT2D eigenvalue weighted by Crippen LogP contribution is 2.37. The van der Waals surface area contributed by atoms with Gasteiger partial charge in [0.2, 0.25) is 0 Å². The first kappa shape index (κ1) is 10.2. The van der Waals surface area contributed by atoms with Crippen LogP contribution in [0.25, 0.3) is 0 Å². The van der Waals surface area contributed by atoms with E-state index in [2.05, 4.69) is 48.8 Å². The van der Waals surface area contributed by atoms with Gasteiger partial charge >= 0.3 is 0 Å². The molecule has 0 radical (unpaired) electrons. The molecule has 1 aliphatic rings. The molecule has 0 atom stereocenters. The van der Waals surface area contributed by atoms with Crippen molar-refractivity contribution in [1.82, 2.24) is 0 Å². The summed E-state index contributed by atoms with van der Waals surface area (Å²) in [6.45, 7) is 8.13. The predicted molar refractivity (Wildman–Crippen MR) is 61.6 cm³/mol. The van der Waals surface area contributed by atoms with E-state index in [1.165, 1.54) is 21.2 Å². The Balaban J connectivity index is 2.63. The molecule has 0 fully saturated rings. The summed E-state index contributed by atoms with van der Waals surface area (Å²) in [4.78, 5) is 0. The quantitative estimate of drug-likeness (QED) is 0.688. The Bertz CT molecular complexity index is 369. The van der Waals surface area contributed by atoms with Gasteiger partial charge in [0, 0.05) is 9.89 Å². The summed E-state index contributed by atoms with van der Waals surface area (Å²) < 4.78 is 6.82. The standard InChI is InChI=1S/C12H15BrO/c1-8-4-9-6-14-7-12(2,3)11(9)10(13)5-8/h4-5H,6-7H2,1-3H3. The summed E-state index contributed by atoms with van der Waals surface area (Å²) >= 11 is 3.65. The third kappa shape index (κ3) is 1.61. The van der Waals surface area contributed by atoms with Gasteiger partial charge < -0.3 is 4.74 Å². The fourth-order valence-corrected chi connectivity index (χ4v) is 3.33. The number of rotatable bonds is 0. The molecule has 2 heteroatoms. The Labute approximate surface area is 93.6 Å². The molecule has 0 saturated carbocycles. The van der Waals surface area contributed by atoms with Crippen LogP contribution < -0.4 is 0 Å². The molecule has 0 amide bonds. The van der Waals surface area contributed by atoms with Gasteiger partial charge in [0.05, 0.1) is 13.2 Å². The average Bonchev–Trinajstić information content (AvgIpc) is 2.00. The van der Waals surface area contributed by atoms with Gasteiger partial charge in [-0.25, -0.2) is 0 Å². The highest BCUT2D eigenvalue weighted by Gasteiger charge is 2.30. The minimum Gasteiger partial charge on any atom is -0.376 e. The zero-order valence-corrected chi connectivity index (χ0v) is 10.4. The maximum absolute atomic E-state index is 5.60. The van der Waals surface area contributed by atoms with Crippen molar-refractivity contribution in [2.45, 2.75) is 32.8 Å². The van der Waals surface area contributed by atoms with E-state index in [1.54, 1.807) is 0 Å². The van der Waals surface area contributed by atoms with Crippen LogP contribution in [0.5, 0.6) is 0 Å². The van der Waals surface area contributed by atoms with Crippen molar-refractivity contribution in [3.8, 4) is 0 Å². The van der Waals surface area contributed by atoms with E-state index >= 15 is 0 Å². The van der Waals surface area contributed by atoms with Crippen LogP contribution in [0.1, 0.15) is 30.5 Å². The summed E-state index contributed by atoms with van der Waals surface area (Å²) in [5.74, 6) is 0. The van der Waals surface area contributed by atoms with E-state index in [4.69, 9.17) is 4.74 Å². The number of fused-ring (bicyclic) bond motifs is 1. The Kier molecular flexibility index (Phi) is 2.44. The second-order valence-electron chi connectivity index (χ2n) is 4.66. The summed E-state index contributed by atoms with van der Waals surface area (Å²) in [5.41, 5.74) is 4.15. The molecule has 1 nitrogen and oxygen atoms in total. The van der Waals surface area contributed by atoms with Crippen molar-refractivity contribution < 1.29 is 4.74 Å². The van der Waals surface area contributed by atoms with E-state index < -0.39 is 0 Å². The van der Waals surface area contributed by atoms with E-state index in [0.29, 0.717) is 0 Å². The van der Waals surface area contributed by atoms with Crippen molar-refractivity contribution >= 4 is 15.9 Å². The number of benzene rings is 1. The Morgan fingerprint density at radius 1 is 1.36 bits per heavy atom. The highest BCUT2D eigenvalue weighted by atomic mass is 79.9. The Morgan fingerprint density at radius 2 is 2.07 bits per heavy atom. The predicted octanol–water partition coefficient (Wildman–Crippen LogP) is 3.57. The van der Waals surface area contributed by atoms with Crippen LogP contribution in [-0.2, 0) is 16.8 Å². The minimum atomic E-state index is 0.125. The van der Waals surface area contributed by atoms with Crippen molar-refractivity contribution in [2.75, 3.05) is 6.61 Å². The summed E-state index contributed by atoms with van der Waals surface area (Å²) in [7, 11) is 0. The molecule has 1 aromatic rings. The lowest BCUT2D eigenvalue weighted by Crippen LogP contribution is -2.30. The maximum Gasteiger partial charge on any atom is 0.0720 e. The molecular weight excluding hydrogens is 240 g/mol. The molecule has 76 valence electrons. The molecule has 0 aliphatic carbocycles. The molecule has 0 saturated heterocycles. The van der Waals surface area contributed by atoms with Crippen LogP contribution in [-0.4, -0.2) is 6.61 Å². The van der Waals surface area contributed by atoms with Crippen molar-refractivity contribution in [3.05, 3.63) is 33.3 Å². The van der Waals surface area contributed by atoms with Crippen molar-refractivity contribution in [3.63, 3.8) is 0 Å². The first-order valence-corrected chi connectivity index (χ1v) is 5.67. The molecule has 14 heavy (non-hydrogen) atoms. The van der Waals surface area contributed by atoms with Crippen LogP contribution in [0.4, 0.5) is 0 Å². The molecule has 0 N–H and O–H groups in total. The minimum absolute atomic E-state index is 0.125. The monoisotopic (exact) mass is 254 g/mol. The second kappa shape index (κ2) is 3.35. The fourth-order valence-electron chi connectivity index (χ4n) is 2.17. The van der Waals surface area contributed by atoms with Gasteiger partial charge in [-0.15, -0.1) is 0 Å². The number of hydrogen-bond acceptors (Lipinski definition) is 1. The van der Waals surface area contributed by atoms with E-state index in [1.807, 2.05) is 0 Å². The van der Waals surface area contributed by atoms with Gasteiger partial charge in [0.15, 0.2) is 0 Å². The summed E-state index contributed by atoms with van der Waals surface area (Å²) in [6, 6.07) is 4.41.